The molecule has 0 N–H and O–H groups in total. The average molecular weight is 647 g/mol. The van der Waals surface area contributed by atoms with Gasteiger partial charge in [-0.25, -0.2) is 0 Å². The number of hydrogen-bond acceptors (Lipinski definition) is 4. The second-order valence-corrected chi connectivity index (χ2v) is 13.7. The van der Waals surface area contributed by atoms with E-state index in [1.807, 2.05) is 18.2 Å². The van der Waals surface area contributed by atoms with Gasteiger partial charge >= 0.3 is 0 Å². The van der Waals surface area contributed by atoms with Gasteiger partial charge in [0, 0.05) is 52.1 Å². The minimum absolute atomic E-state index is 0.154. The lowest BCUT2D eigenvalue weighted by molar-refractivity contribution is 0.542. The number of nitrogens with zero attached hydrogens (tertiary/aromatic N) is 4. The molecule has 0 amide bonds. The molecule has 242 valence electrons. The largest absolute Gasteiger partial charge is 0.361 e. The highest BCUT2D eigenvalue weighted by Gasteiger charge is 2.47. The molecule has 4 atom stereocenters. The van der Waals surface area contributed by atoms with Gasteiger partial charge in [-0.15, -0.1) is 0 Å². The molecule has 0 saturated carbocycles. The van der Waals surface area contributed by atoms with Gasteiger partial charge in [-0.2, -0.15) is 10.5 Å². The standard InChI is InChI=1S/C46H38N4/c1-32-14-4-3-13-27-49(43-19-8-5-15-36(32)43)35-24-22-34(23-25-35)39-28-33(30-47)29-40(41(39)31-48)37-16-6-9-20-44(37)50-45-21-10-7-17-38(45)42-18-11-12-26-46(42,50)2/h3-24,26,28-29,32,35,42H,25,27H2,1-2H3/b13-3-,14-4-. The summed E-state index contributed by atoms with van der Waals surface area (Å²) in [5.41, 5.74) is 10.3. The minimum Gasteiger partial charge on any atom is -0.361 e. The Balaban J connectivity index is 1.20. The summed E-state index contributed by atoms with van der Waals surface area (Å²) in [7, 11) is 0. The first-order valence-corrected chi connectivity index (χ1v) is 17.4. The number of benzene rings is 4. The van der Waals surface area contributed by atoms with Gasteiger partial charge in [0.15, 0.2) is 0 Å². The van der Waals surface area contributed by atoms with Crippen LogP contribution in [0.25, 0.3) is 16.7 Å². The molecule has 0 aromatic heterocycles. The van der Waals surface area contributed by atoms with Crippen LogP contribution in [0, 0.1) is 22.7 Å². The number of rotatable bonds is 4. The zero-order valence-corrected chi connectivity index (χ0v) is 28.4. The Bertz CT molecular complexity index is 2270. The number of hydrogen-bond donors (Lipinski definition) is 0. The summed E-state index contributed by atoms with van der Waals surface area (Å²) in [6.45, 7) is 5.32. The first kappa shape index (κ1) is 31.2. The van der Waals surface area contributed by atoms with Gasteiger partial charge in [-0.1, -0.05) is 128 Å². The van der Waals surface area contributed by atoms with Gasteiger partial charge in [0.1, 0.15) is 6.07 Å². The van der Waals surface area contributed by atoms with Crippen molar-refractivity contribution in [1.82, 2.24) is 0 Å². The topological polar surface area (TPSA) is 54.1 Å². The van der Waals surface area contributed by atoms with Crippen LogP contribution in [0.4, 0.5) is 17.1 Å². The van der Waals surface area contributed by atoms with Gasteiger partial charge in [0.25, 0.3) is 0 Å². The zero-order chi connectivity index (χ0) is 34.2. The monoisotopic (exact) mass is 646 g/mol. The van der Waals surface area contributed by atoms with E-state index in [0.717, 1.165) is 46.6 Å². The van der Waals surface area contributed by atoms with Crippen molar-refractivity contribution in [3.05, 3.63) is 180 Å². The quantitative estimate of drug-likeness (QED) is 0.221. The maximum atomic E-state index is 10.8. The minimum atomic E-state index is -0.326. The molecule has 4 nitrogen and oxygen atoms in total. The maximum absolute atomic E-state index is 10.8. The molecule has 2 heterocycles. The van der Waals surface area contributed by atoms with Crippen molar-refractivity contribution in [2.75, 3.05) is 16.3 Å². The molecule has 0 fully saturated rings. The van der Waals surface area contributed by atoms with E-state index in [1.54, 1.807) is 0 Å². The third-order valence-electron chi connectivity index (χ3n) is 10.8. The number of allylic oxidation sites excluding steroid dienone is 7. The summed E-state index contributed by atoms with van der Waals surface area (Å²) in [6, 6.07) is 34.5. The fourth-order valence-corrected chi connectivity index (χ4v) is 8.30. The molecule has 2 aliphatic carbocycles. The fraction of sp³-hybridized carbons (Fsp3) is 0.174. The van der Waals surface area contributed by atoms with Gasteiger partial charge in [0.05, 0.1) is 28.8 Å². The van der Waals surface area contributed by atoms with E-state index in [4.69, 9.17) is 0 Å². The molecule has 0 bridgehead atoms. The molecule has 4 aromatic carbocycles. The van der Waals surface area contributed by atoms with Gasteiger partial charge in [-0.05, 0) is 60.4 Å². The molecular formula is C46H38N4. The number of fused-ring (bicyclic) bond motifs is 4. The number of para-hydroxylation sites is 3. The van der Waals surface area contributed by atoms with Crippen LogP contribution >= 0.6 is 0 Å². The smallest absolute Gasteiger partial charge is 0.100 e. The normalized spacial score (nSPS) is 24.4. The lowest BCUT2D eigenvalue weighted by atomic mass is 9.80. The van der Waals surface area contributed by atoms with E-state index in [2.05, 4.69) is 169 Å². The molecule has 4 aromatic rings. The van der Waals surface area contributed by atoms with Crippen LogP contribution in [0.1, 0.15) is 59.9 Å². The van der Waals surface area contributed by atoms with Crippen molar-refractivity contribution in [2.45, 2.75) is 43.7 Å². The predicted molar refractivity (Wildman–Crippen MR) is 205 cm³/mol. The Labute approximate surface area is 295 Å². The van der Waals surface area contributed by atoms with E-state index >= 15 is 0 Å². The Morgan fingerprint density at radius 2 is 1.44 bits per heavy atom. The molecule has 0 saturated heterocycles. The molecule has 8 rings (SSSR count). The SMILES string of the molecule is CC1/C=C\C=C/CN(C2C=CC(c3cc(C#N)cc(-c4ccccc4N4c5ccccc5C5C=CC=CC54C)c3C#N)=CC2)c2ccccc21. The summed E-state index contributed by atoms with van der Waals surface area (Å²) in [6.07, 6.45) is 25.0. The lowest BCUT2D eigenvalue weighted by Crippen LogP contribution is -2.42. The van der Waals surface area contributed by atoms with Crippen LogP contribution < -0.4 is 9.80 Å². The van der Waals surface area contributed by atoms with E-state index in [0.29, 0.717) is 17.0 Å². The van der Waals surface area contributed by atoms with Gasteiger partial charge in [-0.3, -0.25) is 0 Å². The Kier molecular flexibility index (Phi) is 7.94. The van der Waals surface area contributed by atoms with Crippen LogP contribution in [0.15, 0.2) is 152 Å². The van der Waals surface area contributed by atoms with Crippen molar-refractivity contribution in [1.29, 1.82) is 10.5 Å². The van der Waals surface area contributed by atoms with Crippen molar-refractivity contribution in [2.24, 2.45) is 0 Å². The molecular weight excluding hydrogens is 609 g/mol. The highest BCUT2D eigenvalue weighted by Crippen LogP contribution is 2.55. The van der Waals surface area contributed by atoms with E-state index < -0.39 is 0 Å². The lowest BCUT2D eigenvalue weighted by Gasteiger charge is -2.40. The molecule has 0 radical (unpaired) electrons. The van der Waals surface area contributed by atoms with Crippen LogP contribution in [0.5, 0.6) is 0 Å². The summed E-state index contributed by atoms with van der Waals surface area (Å²) in [5.74, 6) is 0.495. The van der Waals surface area contributed by atoms with E-state index in [9.17, 15) is 10.5 Å². The maximum Gasteiger partial charge on any atom is 0.100 e. The zero-order valence-electron chi connectivity index (χ0n) is 28.4. The summed E-state index contributed by atoms with van der Waals surface area (Å²) in [4.78, 5) is 4.88. The second-order valence-electron chi connectivity index (χ2n) is 13.7. The van der Waals surface area contributed by atoms with Crippen molar-refractivity contribution in [3.63, 3.8) is 0 Å². The van der Waals surface area contributed by atoms with Crippen LogP contribution in [0.3, 0.4) is 0 Å². The summed E-state index contributed by atoms with van der Waals surface area (Å²) >= 11 is 0. The van der Waals surface area contributed by atoms with Gasteiger partial charge in [0.2, 0.25) is 0 Å². The first-order chi connectivity index (χ1) is 24.5. The van der Waals surface area contributed by atoms with Crippen LogP contribution in [-0.2, 0) is 0 Å². The Morgan fingerprint density at radius 1 is 0.720 bits per heavy atom. The predicted octanol–water partition coefficient (Wildman–Crippen LogP) is 10.7. The molecule has 4 aliphatic rings. The molecule has 0 spiro atoms. The Morgan fingerprint density at radius 3 is 2.22 bits per heavy atom. The van der Waals surface area contributed by atoms with Crippen molar-refractivity contribution in [3.8, 4) is 23.3 Å². The molecule has 2 aliphatic heterocycles. The van der Waals surface area contributed by atoms with Crippen molar-refractivity contribution < 1.29 is 0 Å². The van der Waals surface area contributed by atoms with Crippen molar-refractivity contribution >= 4 is 22.6 Å². The number of nitriles is 2. The molecule has 4 heteroatoms. The molecule has 50 heavy (non-hydrogen) atoms. The van der Waals surface area contributed by atoms with Crippen LogP contribution in [-0.4, -0.2) is 18.1 Å². The van der Waals surface area contributed by atoms with E-state index in [1.165, 1.54) is 16.8 Å². The first-order valence-electron chi connectivity index (χ1n) is 17.4. The highest BCUT2D eigenvalue weighted by atomic mass is 15.2. The second kappa shape index (κ2) is 12.7. The highest BCUT2D eigenvalue weighted by molar-refractivity contribution is 5.93. The Hall–Kier alpha value is -6.10. The average Bonchev–Trinajstić information content (AvgIpc) is 3.47. The molecule has 4 unspecified atom stereocenters. The number of anilines is 3. The fourth-order valence-electron chi connectivity index (χ4n) is 8.30. The van der Waals surface area contributed by atoms with Gasteiger partial charge < -0.3 is 9.80 Å². The van der Waals surface area contributed by atoms with Crippen LogP contribution in [0.2, 0.25) is 0 Å². The summed E-state index contributed by atoms with van der Waals surface area (Å²) < 4.78 is 0. The third-order valence-corrected chi connectivity index (χ3v) is 10.8. The summed E-state index contributed by atoms with van der Waals surface area (Å²) in [5, 5.41) is 21.1. The van der Waals surface area contributed by atoms with E-state index in [-0.39, 0.29) is 17.5 Å². The third kappa shape index (κ3) is 5.13.